The van der Waals surface area contributed by atoms with E-state index in [1.165, 1.54) is 0 Å². The van der Waals surface area contributed by atoms with Crippen LogP contribution in [0.5, 0.6) is 0 Å². The molecule has 4 rings (SSSR count). The number of carbonyl (C=O) groups is 1. The van der Waals surface area contributed by atoms with Gasteiger partial charge < -0.3 is 5.32 Å². The lowest BCUT2D eigenvalue weighted by atomic mass is 10.1. The van der Waals surface area contributed by atoms with Gasteiger partial charge in [0.25, 0.3) is 0 Å². The number of aromatic nitrogens is 1. The molecule has 0 bridgehead atoms. The van der Waals surface area contributed by atoms with Crippen LogP contribution in [0.2, 0.25) is 0 Å². The predicted octanol–water partition coefficient (Wildman–Crippen LogP) is 5.34. The fourth-order valence-electron chi connectivity index (χ4n) is 3.01. The minimum atomic E-state index is -0.0168. The van der Waals surface area contributed by atoms with Crippen LogP contribution in [0.3, 0.4) is 0 Å². The molecule has 0 aliphatic carbocycles. The Kier molecular flexibility index (Phi) is 5.59. The van der Waals surface area contributed by atoms with Crippen LogP contribution in [0.25, 0.3) is 21.7 Å². The standard InChI is InChI=1S/C24H20N2OS/c27-21(25-17-18-10-4-1-5-11-18)16-22-26-23(19-12-6-2-7-13-19)24(28-22)20-14-8-3-9-15-20/h1-15H,16-17H2,(H,25,27). The van der Waals surface area contributed by atoms with Gasteiger partial charge in [-0.05, 0) is 11.1 Å². The molecule has 3 nitrogen and oxygen atoms in total. The Balaban J connectivity index is 1.56. The molecule has 0 atom stereocenters. The van der Waals surface area contributed by atoms with Gasteiger partial charge in [-0.25, -0.2) is 4.98 Å². The van der Waals surface area contributed by atoms with E-state index in [9.17, 15) is 4.79 Å². The van der Waals surface area contributed by atoms with Crippen molar-refractivity contribution in [1.29, 1.82) is 0 Å². The number of rotatable bonds is 6. The van der Waals surface area contributed by atoms with E-state index >= 15 is 0 Å². The number of benzene rings is 3. The third-order valence-corrected chi connectivity index (χ3v) is 5.50. The predicted molar refractivity (Wildman–Crippen MR) is 115 cm³/mol. The monoisotopic (exact) mass is 384 g/mol. The zero-order valence-electron chi connectivity index (χ0n) is 15.3. The highest BCUT2D eigenvalue weighted by Gasteiger charge is 2.16. The highest BCUT2D eigenvalue weighted by atomic mass is 32.1. The maximum absolute atomic E-state index is 12.4. The van der Waals surface area contributed by atoms with Crippen molar-refractivity contribution in [2.24, 2.45) is 0 Å². The van der Waals surface area contributed by atoms with Gasteiger partial charge in [0.2, 0.25) is 5.91 Å². The topological polar surface area (TPSA) is 42.0 Å². The number of nitrogens with zero attached hydrogens (tertiary/aromatic N) is 1. The first-order chi connectivity index (χ1) is 13.8. The molecule has 0 fully saturated rings. The Labute approximate surface area is 168 Å². The smallest absolute Gasteiger partial charge is 0.227 e. The van der Waals surface area contributed by atoms with Crippen molar-refractivity contribution in [3.63, 3.8) is 0 Å². The van der Waals surface area contributed by atoms with Gasteiger partial charge in [-0.3, -0.25) is 4.79 Å². The van der Waals surface area contributed by atoms with Gasteiger partial charge in [-0.2, -0.15) is 0 Å². The molecule has 0 saturated heterocycles. The highest BCUT2D eigenvalue weighted by molar-refractivity contribution is 7.15. The molecule has 1 heterocycles. The average Bonchev–Trinajstić information content (AvgIpc) is 3.18. The average molecular weight is 385 g/mol. The van der Waals surface area contributed by atoms with E-state index in [4.69, 9.17) is 4.98 Å². The summed E-state index contributed by atoms with van der Waals surface area (Å²) in [5.41, 5.74) is 4.20. The Bertz CT molecular complexity index is 987. The first kappa shape index (κ1) is 18.1. The summed E-state index contributed by atoms with van der Waals surface area (Å²) in [6.07, 6.45) is 0.282. The summed E-state index contributed by atoms with van der Waals surface area (Å²) >= 11 is 1.59. The first-order valence-corrected chi connectivity index (χ1v) is 10.0. The quantitative estimate of drug-likeness (QED) is 0.488. The van der Waals surface area contributed by atoms with Crippen LogP contribution in [-0.4, -0.2) is 10.9 Å². The van der Waals surface area contributed by atoms with Crippen molar-refractivity contribution in [1.82, 2.24) is 10.3 Å². The van der Waals surface area contributed by atoms with Gasteiger partial charge in [0, 0.05) is 12.1 Å². The third-order valence-electron chi connectivity index (χ3n) is 4.40. The van der Waals surface area contributed by atoms with Gasteiger partial charge in [-0.1, -0.05) is 91.0 Å². The molecule has 0 radical (unpaired) electrons. The van der Waals surface area contributed by atoms with E-state index in [1.54, 1.807) is 11.3 Å². The summed E-state index contributed by atoms with van der Waals surface area (Å²) in [5, 5.41) is 3.81. The van der Waals surface area contributed by atoms with Crippen molar-refractivity contribution in [3.8, 4) is 21.7 Å². The van der Waals surface area contributed by atoms with E-state index in [0.717, 1.165) is 32.3 Å². The van der Waals surface area contributed by atoms with E-state index in [1.807, 2.05) is 66.7 Å². The molecule has 3 aromatic carbocycles. The molecule has 138 valence electrons. The molecule has 0 unspecified atom stereocenters. The molecule has 0 aliphatic rings. The highest BCUT2D eigenvalue weighted by Crippen LogP contribution is 2.36. The fraction of sp³-hybridized carbons (Fsp3) is 0.0833. The number of carbonyl (C=O) groups excluding carboxylic acids is 1. The number of amides is 1. The van der Waals surface area contributed by atoms with Crippen LogP contribution >= 0.6 is 11.3 Å². The van der Waals surface area contributed by atoms with Crippen LogP contribution in [0, 0.1) is 0 Å². The Hall–Kier alpha value is -3.24. The second-order valence-electron chi connectivity index (χ2n) is 6.46. The number of nitrogens with one attached hydrogen (secondary N) is 1. The second-order valence-corrected chi connectivity index (χ2v) is 7.54. The van der Waals surface area contributed by atoms with Crippen molar-refractivity contribution in [2.75, 3.05) is 0 Å². The zero-order valence-corrected chi connectivity index (χ0v) is 16.2. The molecule has 0 spiro atoms. The van der Waals surface area contributed by atoms with Gasteiger partial charge in [-0.15, -0.1) is 11.3 Å². The fourth-order valence-corrected chi connectivity index (χ4v) is 4.10. The normalized spacial score (nSPS) is 10.6. The Morgan fingerprint density at radius 2 is 1.36 bits per heavy atom. The molecular formula is C24H20N2OS. The van der Waals surface area contributed by atoms with Crippen molar-refractivity contribution >= 4 is 17.2 Å². The lowest BCUT2D eigenvalue weighted by Crippen LogP contribution is -2.24. The van der Waals surface area contributed by atoms with Gasteiger partial charge in [0.15, 0.2) is 0 Å². The lowest BCUT2D eigenvalue weighted by Gasteiger charge is -2.03. The van der Waals surface area contributed by atoms with Crippen molar-refractivity contribution in [2.45, 2.75) is 13.0 Å². The molecule has 4 heteroatoms. The first-order valence-electron chi connectivity index (χ1n) is 9.21. The van der Waals surface area contributed by atoms with Crippen molar-refractivity contribution in [3.05, 3.63) is 102 Å². The molecule has 1 amide bonds. The third kappa shape index (κ3) is 4.35. The molecule has 0 aliphatic heterocycles. The molecule has 4 aromatic rings. The zero-order chi connectivity index (χ0) is 19.2. The molecular weight excluding hydrogens is 364 g/mol. The minimum absolute atomic E-state index is 0.0168. The summed E-state index contributed by atoms with van der Waals surface area (Å²) in [4.78, 5) is 18.3. The summed E-state index contributed by atoms with van der Waals surface area (Å²) in [6.45, 7) is 0.530. The van der Waals surface area contributed by atoms with Crippen LogP contribution in [0.15, 0.2) is 91.0 Å². The van der Waals surface area contributed by atoms with E-state index in [2.05, 4.69) is 29.6 Å². The van der Waals surface area contributed by atoms with Gasteiger partial charge in [0.1, 0.15) is 5.01 Å². The van der Waals surface area contributed by atoms with Gasteiger partial charge >= 0.3 is 0 Å². The number of hydrogen-bond donors (Lipinski definition) is 1. The second kappa shape index (κ2) is 8.63. The Morgan fingerprint density at radius 1 is 0.786 bits per heavy atom. The largest absolute Gasteiger partial charge is 0.352 e. The van der Waals surface area contributed by atoms with Crippen molar-refractivity contribution < 1.29 is 4.79 Å². The van der Waals surface area contributed by atoms with E-state index in [-0.39, 0.29) is 12.3 Å². The molecule has 28 heavy (non-hydrogen) atoms. The summed E-state index contributed by atoms with van der Waals surface area (Å²) < 4.78 is 0. The van der Waals surface area contributed by atoms with E-state index in [0.29, 0.717) is 6.54 Å². The summed E-state index contributed by atoms with van der Waals surface area (Å²) in [7, 11) is 0. The van der Waals surface area contributed by atoms with Crippen LogP contribution < -0.4 is 5.32 Å². The van der Waals surface area contributed by atoms with Crippen LogP contribution in [0.1, 0.15) is 10.6 Å². The molecule has 1 N–H and O–H groups in total. The SMILES string of the molecule is O=C(Cc1nc(-c2ccccc2)c(-c2ccccc2)s1)NCc1ccccc1. The maximum Gasteiger partial charge on any atom is 0.227 e. The summed E-state index contributed by atoms with van der Waals surface area (Å²) in [5.74, 6) is -0.0168. The summed E-state index contributed by atoms with van der Waals surface area (Å²) in [6, 6.07) is 30.3. The molecule has 0 saturated carbocycles. The number of thiazole rings is 1. The van der Waals surface area contributed by atoms with Crippen LogP contribution in [0.4, 0.5) is 0 Å². The minimum Gasteiger partial charge on any atom is -0.352 e. The lowest BCUT2D eigenvalue weighted by molar-refractivity contribution is -0.120. The van der Waals surface area contributed by atoms with Crippen LogP contribution in [-0.2, 0) is 17.8 Å². The van der Waals surface area contributed by atoms with E-state index < -0.39 is 0 Å². The maximum atomic E-state index is 12.4. The molecule has 1 aromatic heterocycles. The number of hydrogen-bond acceptors (Lipinski definition) is 3. The van der Waals surface area contributed by atoms with Gasteiger partial charge in [0.05, 0.1) is 17.0 Å². The Morgan fingerprint density at radius 3 is 2.00 bits per heavy atom.